The lowest BCUT2D eigenvalue weighted by Crippen LogP contribution is -2.13. The lowest BCUT2D eigenvalue weighted by molar-refractivity contribution is 0.600. The SMILES string of the molecule is Cc1cc(Br)c(S(=O)(=O)Nc2ccc(I)cc2)cc1Br. The van der Waals surface area contributed by atoms with Crippen LogP contribution in [0.15, 0.2) is 50.2 Å². The first kappa shape index (κ1) is 16.3. The van der Waals surface area contributed by atoms with E-state index in [2.05, 4.69) is 59.2 Å². The van der Waals surface area contributed by atoms with E-state index in [4.69, 9.17) is 0 Å². The van der Waals surface area contributed by atoms with E-state index in [9.17, 15) is 8.42 Å². The van der Waals surface area contributed by atoms with Crippen LogP contribution in [0.1, 0.15) is 5.56 Å². The van der Waals surface area contributed by atoms with E-state index in [0.717, 1.165) is 13.6 Å². The maximum atomic E-state index is 12.4. The Bertz CT molecular complexity index is 746. The molecule has 3 nitrogen and oxygen atoms in total. The van der Waals surface area contributed by atoms with Gasteiger partial charge >= 0.3 is 0 Å². The fourth-order valence-corrected chi connectivity index (χ4v) is 4.66. The predicted octanol–water partition coefficient (Wildman–Crippen LogP) is 4.93. The molecule has 0 aliphatic heterocycles. The van der Waals surface area contributed by atoms with Gasteiger partial charge in [-0.2, -0.15) is 0 Å². The number of nitrogens with one attached hydrogen (secondary N) is 1. The molecule has 0 heterocycles. The maximum absolute atomic E-state index is 12.4. The molecule has 0 radical (unpaired) electrons. The van der Waals surface area contributed by atoms with Crippen molar-refractivity contribution in [2.75, 3.05) is 4.72 Å². The second kappa shape index (κ2) is 6.33. The van der Waals surface area contributed by atoms with Gasteiger partial charge in [-0.05, 0) is 87.4 Å². The maximum Gasteiger partial charge on any atom is 0.263 e. The van der Waals surface area contributed by atoms with Crippen LogP contribution < -0.4 is 4.72 Å². The van der Waals surface area contributed by atoms with E-state index in [1.165, 1.54) is 0 Å². The normalized spacial score (nSPS) is 11.4. The third-order valence-electron chi connectivity index (χ3n) is 2.60. The van der Waals surface area contributed by atoms with Crippen LogP contribution in [0.3, 0.4) is 0 Å². The number of benzene rings is 2. The molecule has 0 spiro atoms. The second-order valence-corrected chi connectivity index (χ2v) is 8.75. The third-order valence-corrected chi connectivity index (χ3v) is 6.51. The zero-order valence-corrected chi connectivity index (χ0v) is 16.5. The van der Waals surface area contributed by atoms with Gasteiger partial charge in [0.15, 0.2) is 0 Å². The van der Waals surface area contributed by atoms with Crippen molar-refractivity contribution >= 4 is 70.2 Å². The summed E-state index contributed by atoms with van der Waals surface area (Å²) in [5.41, 5.74) is 1.50. The van der Waals surface area contributed by atoms with Crippen molar-refractivity contribution in [3.05, 3.63) is 54.5 Å². The summed E-state index contributed by atoms with van der Waals surface area (Å²) in [5, 5.41) is 0. The highest BCUT2D eigenvalue weighted by Gasteiger charge is 2.19. The Hall–Kier alpha value is -0.120. The lowest BCUT2D eigenvalue weighted by atomic mass is 10.2. The third kappa shape index (κ3) is 3.75. The lowest BCUT2D eigenvalue weighted by Gasteiger charge is -2.11. The molecule has 0 aliphatic rings. The van der Waals surface area contributed by atoms with Gasteiger partial charge in [-0.15, -0.1) is 0 Å². The molecular formula is C13H10Br2INO2S. The molecule has 2 rings (SSSR count). The van der Waals surface area contributed by atoms with Crippen LogP contribution in [-0.2, 0) is 10.0 Å². The zero-order chi connectivity index (χ0) is 14.9. The van der Waals surface area contributed by atoms with Crippen molar-refractivity contribution in [2.24, 2.45) is 0 Å². The summed E-state index contributed by atoms with van der Waals surface area (Å²) >= 11 is 8.82. The first-order valence-corrected chi connectivity index (χ1v) is 9.68. The van der Waals surface area contributed by atoms with Crippen LogP contribution >= 0.6 is 54.5 Å². The van der Waals surface area contributed by atoms with E-state index in [1.807, 2.05) is 19.1 Å². The fourth-order valence-electron chi connectivity index (χ4n) is 1.56. The molecule has 106 valence electrons. The number of hydrogen-bond acceptors (Lipinski definition) is 2. The average molecular weight is 531 g/mol. The van der Waals surface area contributed by atoms with Gasteiger partial charge in [-0.1, -0.05) is 15.9 Å². The van der Waals surface area contributed by atoms with Gasteiger partial charge in [0.25, 0.3) is 10.0 Å². The van der Waals surface area contributed by atoms with E-state index in [1.54, 1.807) is 24.3 Å². The molecule has 0 aliphatic carbocycles. The predicted molar refractivity (Wildman–Crippen MR) is 96.5 cm³/mol. The highest BCUT2D eigenvalue weighted by atomic mass is 127. The Morgan fingerprint density at radius 3 is 2.25 bits per heavy atom. The molecular weight excluding hydrogens is 521 g/mol. The number of anilines is 1. The standard InChI is InChI=1S/C13H10Br2INO2S/c1-8-6-12(15)13(7-11(8)14)20(18,19)17-10-4-2-9(16)3-5-10/h2-7,17H,1H3. The molecule has 0 amide bonds. The molecule has 1 N–H and O–H groups in total. The van der Waals surface area contributed by atoms with Crippen molar-refractivity contribution < 1.29 is 8.42 Å². The molecule has 0 aromatic heterocycles. The van der Waals surface area contributed by atoms with E-state index in [-0.39, 0.29) is 4.90 Å². The topological polar surface area (TPSA) is 46.2 Å². The first-order valence-electron chi connectivity index (χ1n) is 5.53. The zero-order valence-electron chi connectivity index (χ0n) is 10.3. The molecule has 0 unspecified atom stereocenters. The van der Waals surface area contributed by atoms with Gasteiger partial charge in [0, 0.05) is 18.2 Å². The number of rotatable bonds is 3. The smallest absolute Gasteiger partial charge is 0.263 e. The molecule has 0 fully saturated rings. The van der Waals surface area contributed by atoms with Gasteiger partial charge in [0.2, 0.25) is 0 Å². The summed E-state index contributed by atoms with van der Waals surface area (Å²) in [7, 11) is -3.63. The summed E-state index contributed by atoms with van der Waals surface area (Å²) in [6.07, 6.45) is 0. The van der Waals surface area contributed by atoms with Crippen LogP contribution in [0, 0.1) is 10.5 Å². The molecule has 0 saturated heterocycles. The van der Waals surface area contributed by atoms with Gasteiger partial charge < -0.3 is 0 Å². The molecule has 2 aromatic carbocycles. The molecule has 0 bridgehead atoms. The molecule has 0 atom stereocenters. The minimum atomic E-state index is -3.63. The van der Waals surface area contributed by atoms with E-state index in [0.29, 0.717) is 10.2 Å². The van der Waals surface area contributed by atoms with Gasteiger partial charge in [-0.3, -0.25) is 4.72 Å². The highest BCUT2D eigenvalue weighted by Crippen LogP contribution is 2.30. The monoisotopic (exact) mass is 529 g/mol. The quantitative estimate of drug-likeness (QED) is 0.572. The number of aryl methyl sites for hydroxylation is 1. The van der Waals surface area contributed by atoms with E-state index < -0.39 is 10.0 Å². The number of halogens is 3. The summed E-state index contributed by atoms with van der Waals surface area (Å²) in [6, 6.07) is 10.5. The average Bonchev–Trinajstić information content (AvgIpc) is 2.36. The summed E-state index contributed by atoms with van der Waals surface area (Å²) < 4.78 is 29.7. The molecule has 20 heavy (non-hydrogen) atoms. The van der Waals surface area contributed by atoms with Crippen LogP contribution in [0.5, 0.6) is 0 Å². The Balaban J connectivity index is 2.40. The second-order valence-electron chi connectivity index (χ2n) is 4.14. The Morgan fingerprint density at radius 2 is 1.65 bits per heavy atom. The molecule has 0 saturated carbocycles. The van der Waals surface area contributed by atoms with Gasteiger partial charge in [0.05, 0.1) is 0 Å². The largest absolute Gasteiger partial charge is 0.280 e. The van der Waals surface area contributed by atoms with Crippen molar-refractivity contribution in [3.63, 3.8) is 0 Å². The van der Waals surface area contributed by atoms with Crippen LogP contribution in [0.25, 0.3) is 0 Å². The molecule has 7 heteroatoms. The minimum absolute atomic E-state index is 0.202. The van der Waals surface area contributed by atoms with E-state index >= 15 is 0 Å². The fraction of sp³-hybridized carbons (Fsp3) is 0.0769. The van der Waals surface area contributed by atoms with Crippen molar-refractivity contribution in [1.29, 1.82) is 0 Å². The van der Waals surface area contributed by atoms with Gasteiger partial charge in [0.1, 0.15) is 4.90 Å². The Labute approximate surface area is 148 Å². The summed E-state index contributed by atoms with van der Waals surface area (Å²) in [6.45, 7) is 1.90. The Morgan fingerprint density at radius 1 is 1.05 bits per heavy atom. The summed E-state index contributed by atoms with van der Waals surface area (Å²) in [4.78, 5) is 0.202. The van der Waals surface area contributed by atoms with Crippen LogP contribution in [0.2, 0.25) is 0 Å². The van der Waals surface area contributed by atoms with Gasteiger partial charge in [-0.25, -0.2) is 8.42 Å². The number of hydrogen-bond donors (Lipinski definition) is 1. The van der Waals surface area contributed by atoms with Crippen molar-refractivity contribution in [2.45, 2.75) is 11.8 Å². The van der Waals surface area contributed by atoms with Crippen molar-refractivity contribution in [1.82, 2.24) is 0 Å². The number of sulfonamides is 1. The summed E-state index contributed by atoms with van der Waals surface area (Å²) in [5.74, 6) is 0. The first-order chi connectivity index (χ1) is 9.29. The molecule has 2 aromatic rings. The Kier molecular flexibility index (Phi) is 5.14. The highest BCUT2D eigenvalue weighted by molar-refractivity contribution is 14.1. The van der Waals surface area contributed by atoms with Crippen LogP contribution in [0.4, 0.5) is 5.69 Å². The minimum Gasteiger partial charge on any atom is -0.280 e. The van der Waals surface area contributed by atoms with Crippen molar-refractivity contribution in [3.8, 4) is 0 Å². The van der Waals surface area contributed by atoms with Crippen LogP contribution in [-0.4, -0.2) is 8.42 Å².